The maximum Gasteiger partial charge on any atom is 0.253 e. The van der Waals surface area contributed by atoms with Crippen LogP contribution in [0.1, 0.15) is 27.2 Å². The van der Waals surface area contributed by atoms with E-state index in [9.17, 15) is 19.2 Å². The molecule has 0 radical (unpaired) electrons. The van der Waals surface area contributed by atoms with Crippen molar-refractivity contribution in [3.05, 3.63) is 12.2 Å². The van der Waals surface area contributed by atoms with Crippen LogP contribution in [0.5, 0.6) is 0 Å². The molecule has 1 saturated heterocycles. The molecular weight excluding hydrogens is 298 g/mol. The average molecular weight is 321 g/mol. The first-order valence-corrected chi connectivity index (χ1v) is 7.90. The Morgan fingerprint density at radius 2 is 1.48 bits per heavy atom. The van der Waals surface area contributed by atoms with Gasteiger partial charge in [-0.2, -0.15) is 0 Å². The Balaban J connectivity index is 1.87. The standard InChI is InChI=1S/C16H23N3O4/c1-11(10-12(2)19-14(21)4-5-15(19)22)16(23)18-8-6-17(7-9-18)13(3)20/h4-5,11-12H,6-10H2,1-3H3. The van der Waals surface area contributed by atoms with Crippen molar-refractivity contribution in [2.45, 2.75) is 33.2 Å². The molecule has 2 atom stereocenters. The van der Waals surface area contributed by atoms with Crippen LogP contribution < -0.4 is 0 Å². The molecule has 4 amide bonds. The molecule has 0 saturated carbocycles. The first kappa shape index (κ1) is 17.2. The third-order valence-electron chi connectivity index (χ3n) is 4.44. The highest BCUT2D eigenvalue weighted by Gasteiger charge is 2.32. The van der Waals surface area contributed by atoms with E-state index in [1.54, 1.807) is 16.7 Å². The number of hydrogen-bond acceptors (Lipinski definition) is 4. The molecule has 23 heavy (non-hydrogen) atoms. The van der Waals surface area contributed by atoms with Crippen molar-refractivity contribution in [1.29, 1.82) is 0 Å². The lowest BCUT2D eigenvalue weighted by Crippen LogP contribution is -2.51. The first-order valence-electron chi connectivity index (χ1n) is 7.90. The summed E-state index contributed by atoms with van der Waals surface area (Å²) in [5.74, 6) is -0.894. The molecule has 1 fully saturated rings. The van der Waals surface area contributed by atoms with Gasteiger partial charge in [-0.15, -0.1) is 0 Å². The number of carbonyl (C=O) groups excluding carboxylic acids is 4. The second-order valence-electron chi connectivity index (χ2n) is 6.20. The summed E-state index contributed by atoms with van der Waals surface area (Å²) in [4.78, 5) is 51.8. The molecule has 7 nitrogen and oxygen atoms in total. The fourth-order valence-electron chi connectivity index (χ4n) is 3.12. The quantitative estimate of drug-likeness (QED) is 0.684. The van der Waals surface area contributed by atoms with Gasteiger partial charge in [-0.1, -0.05) is 6.92 Å². The fourth-order valence-corrected chi connectivity index (χ4v) is 3.12. The summed E-state index contributed by atoms with van der Waals surface area (Å²) >= 11 is 0. The Morgan fingerprint density at radius 1 is 1.00 bits per heavy atom. The van der Waals surface area contributed by atoms with E-state index in [0.717, 1.165) is 0 Å². The molecule has 2 heterocycles. The maximum absolute atomic E-state index is 12.5. The van der Waals surface area contributed by atoms with Crippen molar-refractivity contribution in [3.63, 3.8) is 0 Å². The largest absolute Gasteiger partial charge is 0.339 e. The first-order chi connectivity index (χ1) is 10.8. The SMILES string of the molecule is CC(=O)N1CCN(C(=O)C(C)CC(C)N2C(=O)C=CC2=O)CC1. The van der Waals surface area contributed by atoms with Crippen LogP contribution in [-0.2, 0) is 19.2 Å². The van der Waals surface area contributed by atoms with Gasteiger partial charge in [-0.25, -0.2) is 0 Å². The van der Waals surface area contributed by atoms with Gasteiger partial charge in [0.05, 0.1) is 0 Å². The molecule has 0 spiro atoms. The third-order valence-corrected chi connectivity index (χ3v) is 4.44. The lowest BCUT2D eigenvalue weighted by Gasteiger charge is -2.36. The van der Waals surface area contributed by atoms with Gasteiger partial charge in [-0.3, -0.25) is 24.1 Å². The normalized spacial score (nSPS) is 20.9. The minimum atomic E-state index is -0.322. The van der Waals surface area contributed by atoms with Gasteiger partial charge in [0.25, 0.3) is 11.8 Å². The van der Waals surface area contributed by atoms with E-state index in [1.807, 2.05) is 6.92 Å². The van der Waals surface area contributed by atoms with Crippen molar-refractivity contribution >= 4 is 23.6 Å². The number of piperazine rings is 1. The second-order valence-corrected chi connectivity index (χ2v) is 6.20. The molecule has 2 aliphatic heterocycles. The monoisotopic (exact) mass is 321 g/mol. The second kappa shape index (κ2) is 6.93. The molecule has 0 aromatic carbocycles. The Kier molecular flexibility index (Phi) is 5.18. The van der Waals surface area contributed by atoms with Gasteiger partial charge >= 0.3 is 0 Å². The maximum atomic E-state index is 12.5. The van der Waals surface area contributed by atoms with E-state index in [1.165, 1.54) is 24.0 Å². The lowest BCUT2D eigenvalue weighted by atomic mass is 10.00. The zero-order valence-electron chi connectivity index (χ0n) is 13.8. The molecule has 2 rings (SSSR count). The highest BCUT2D eigenvalue weighted by Crippen LogP contribution is 2.18. The molecule has 0 bridgehead atoms. The number of carbonyl (C=O) groups is 4. The van der Waals surface area contributed by atoms with Crippen molar-refractivity contribution in [2.75, 3.05) is 26.2 Å². The number of amides is 4. The van der Waals surface area contributed by atoms with Crippen LogP contribution in [0.3, 0.4) is 0 Å². The van der Waals surface area contributed by atoms with E-state index in [0.29, 0.717) is 32.6 Å². The van der Waals surface area contributed by atoms with E-state index in [4.69, 9.17) is 0 Å². The predicted molar refractivity (Wildman–Crippen MR) is 83.1 cm³/mol. The minimum Gasteiger partial charge on any atom is -0.339 e. The molecular formula is C16H23N3O4. The molecule has 0 N–H and O–H groups in total. The zero-order valence-corrected chi connectivity index (χ0v) is 13.8. The van der Waals surface area contributed by atoms with Crippen LogP contribution in [0.4, 0.5) is 0 Å². The average Bonchev–Trinajstić information content (AvgIpc) is 2.85. The highest BCUT2D eigenvalue weighted by atomic mass is 16.2. The summed E-state index contributed by atoms with van der Waals surface area (Å²) in [7, 11) is 0. The highest BCUT2D eigenvalue weighted by molar-refractivity contribution is 6.13. The predicted octanol–water partition coefficient (Wildman–Crippen LogP) is 0.0168. The van der Waals surface area contributed by atoms with Crippen LogP contribution in [0.2, 0.25) is 0 Å². The molecule has 2 aliphatic rings. The molecule has 0 aromatic rings. The van der Waals surface area contributed by atoms with Crippen LogP contribution in [0.25, 0.3) is 0 Å². The molecule has 0 aromatic heterocycles. The van der Waals surface area contributed by atoms with Crippen LogP contribution in [0, 0.1) is 5.92 Å². The van der Waals surface area contributed by atoms with Crippen LogP contribution >= 0.6 is 0 Å². The number of rotatable bonds is 4. The summed E-state index contributed by atoms with van der Waals surface area (Å²) in [5.41, 5.74) is 0. The Morgan fingerprint density at radius 3 is 1.96 bits per heavy atom. The molecule has 126 valence electrons. The van der Waals surface area contributed by atoms with Crippen molar-refractivity contribution < 1.29 is 19.2 Å². The van der Waals surface area contributed by atoms with Crippen molar-refractivity contribution in [2.24, 2.45) is 5.92 Å². The van der Waals surface area contributed by atoms with E-state index in [2.05, 4.69) is 0 Å². The van der Waals surface area contributed by atoms with Gasteiger partial charge in [0.2, 0.25) is 11.8 Å². The third kappa shape index (κ3) is 3.78. The molecule has 7 heteroatoms. The molecule has 0 aliphatic carbocycles. The summed E-state index contributed by atoms with van der Waals surface area (Å²) in [6.45, 7) is 7.28. The van der Waals surface area contributed by atoms with Crippen molar-refractivity contribution in [3.8, 4) is 0 Å². The molecule has 2 unspecified atom stereocenters. The number of hydrogen-bond donors (Lipinski definition) is 0. The topological polar surface area (TPSA) is 78.0 Å². The van der Waals surface area contributed by atoms with E-state index in [-0.39, 0.29) is 35.6 Å². The Labute approximate surface area is 135 Å². The summed E-state index contributed by atoms with van der Waals surface area (Å²) in [6, 6.07) is -0.317. The van der Waals surface area contributed by atoms with Gasteiger partial charge in [0.15, 0.2) is 0 Å². The number of nitrogens with zero attached hydrogens (tertiary/aromatic N) is 3. The minimum absolute atomic E-state index is 0.00658. The van der Waals surface area contributed by atoms with Gasteiger partial charge < -0.3 is 9.80 Å². The van der Waals surface area contributed by atoms with Crippen LogP contribution in [0.15, 0.2) is 12.2 Å². The van der Waals surface area contributed by atoms with Gasteiger partial charge in [-0.05, 0) is 13.3 Å². The van der Waals surface area contributed by atoms with Crippen LogP contribution in [-0.4, -0.2) is 70.5 Å². The van der Waals surface area contributed by atoms with Crippen molar-refractivity contribution in [1.82, 2.24) is 14.7 Å². The summed E-state index contributed by atoms with van der Waals surface area (Å²) < 4.78 is 0. The van der Waals surface area contributed by atoms with E-state index >= 15 is 0 Å². The Bertz CT molecular complexity index is 532. The lowest BCUT2D eigenvalue weighted by molar-refractivity contribution is -0.143. The fraction of sp³-hybridized carbons (Fsp3) is 0.625. The number of imide groups is 1. The summed E-state index contributed by atoms with van der Waals surface area (Å²) in [5, 5.41) is 0. The Hall–Kier alpha value is -2.18. The van der Waals surface area contributed by atoms with Gasteiger partial charge in [0.1, 0.15) is 0 Å². The smallest absolute Gasteiger partial charge is 0.253 e. The summed E-state index contributed by atoms with van der Waals surface area (Å²) in [6.07, 6.45) is 2.95. The van der Waals surface area contributed by atoms with E-state index < -0.39 is 0 Å². The van der Waals surface area contributed by atoms with Gasteiger partial charge in [0, 0.05) is 57.2 Å². The zero-order chi connectivity index (χ0) is 17.1.